The quantitative estimate of drug-likeness (QED) is 0.205. The second-order valence-corrected chi connectivity index (χ2v) is 9.45. The number of alkyl halides is 3. The molecular weight excluding hydrogens is 567 g/mol. The molecule has 1 aliphatic rings. The summed E-state index contributed by atoms with van der Waals surface area (Å²) in [5, 5.41) is 8.34. The number of rotatable bonds is 10. The number of nitrogens with one attached hydrogen (secondary N) is 3. The van der Waals surface area contributed by atoms with E-state index in [-0.39, 0.29) is 24.0 Å². The van der Waals surface area contributed by atoms with Gasteiger partial charge in [-0.3, -0.25) is 19.7 Å². The van der Waals surface area contributed by atoms with Gasteiger partial charge in [0.1, 0.15) is 11.8 Å². The molecule has 13 heteroatoms. The van der Waals surface area contributed by atoms with Crippen LogP contribution in [0.25, 0.3) is 6.08 Å². The van der Waals surface area contributed by atoms with Crippen molar-refractivity contribution in [1.29, 1.82) is 0 Å². The lowest BCUT2D eigenvalue weighted by atomic mass is 10.0. The minimum atomic E-state index is -4.84. The van der Waals surface area contributed by atoms with Crippen molar-refractivity contribution in [3.8, 4) is 5.75 Å². The molecule has 0 aromatic heterocycles. The van der Waals surface area contributed by atoms with Gasteiger partial charge in [-0.2, -0.15) is 0 Å². The summed E-state index contributed by atoms with van der Waals surface area (Å²) in [5.41, 5.74) is 8.19. The van der Waals surface area contributed by atoms with Crippen LogP contribution in [-0.2, 0) is 19.1 Å². The van der Waals surface area contributed by atoms with E-state index in [1.165, 1.54) is 18.2 Å². The SMILES string of the molecule is Nc1ccccc1NC(=O)C=Cc1ccc(C(NCC(=O)N2CCOCC2)C(=O)Nc2ccc(OC(F)(F)F)cc2)cc1. The lowest BCUT2D eigenvalue weighted by Gasteiger charge is -2.28. The number of hydrogen-bond acceptors (Lipinski definition) is 7. The van der Waals surface area contributed by atoms with E-state index in [1.807, 2.05) is 0 Å². The first kappa shape index (κ1) is 31.1. The second-order valence-electron chi connectivity index (χ2n) is 9.45. The number of para-hydroxylation sites is 2. The molecule has 1 fully saturated rings. The number of hydrogen-bond donors (Lipinski definition) is 4. The molecule has 226 valence electrons. The van der Waals surface area contributed by atoms with Crippen LogP contribution in [0.1, 0.15) is 17.2 Å². The van der Waals surface area contributed by atoms with E-state index in [0.29, 0.717) is 48.8 Å². The Kier molecular flexibility index (Phi) is 10.4. The molecule has 3 aromatic carbocycles. The molecule has 43 heavy (non-hydrogen) atoms. The number of morpholine rings is 1. The number of carbonyl (C=O) groups is 3. The number of anilines is 3. The third-order valence-electron chi connectivity index (χ3n) is 6.35. The first-order valence-corrected chi connectivity index (χ1v) is 13.3. The maximum atomic E-state index is 13.3. The average Bonchev–Trinajstić information content (AvgIpc) is 2.98. The van der Waals surface area contributed by atoms with Gasteiger partial charge in [-0.05, 0) is 53.6 Å². The van der Waals surface area contributed by atoms with Crippen LogP contribution in [0.5, 0.6) is 5.75 Å². The topological polar surface area (TPSA) is 135 Å². The molecule has 0 spiro atoms. The van der Waals surface area contributed by atoms with Gasteiger partial charge in [0, 0.05) is 24.9 Å². The van der Waals surface area contributed by atoms with E-state index < -0.39 is 24.1 Å². The van der Waals surface area contributed by atoms with Gasteiger partial charge in [0.25, 0.3) is 0 Å². The van der Waals surface area contributed by atoms with Gasteiger partial charge in [0.15, 0.2) is 0 Å². The molecule has 1 heterocycles. The first-order valence-electron chi connectivity index (χ1n) is 13.3. The Bertz CT molecular complexity index is 1440. The molecule has 1 unspecified atom stereocenters. The van der Waals surface area contributed by atoms with Crippen molar-refractivity contribution in [3.05, 3.63) is 90.0 Å². The molecule has 0 aliphatic carbocycles. The van der Waals surface area contributed by atoms with Crippen LogP contribution in [-0.4, -0.2) is 61.8 Å². The normalized spacial score (nSPS) is 14.3. The van der Waals surface area contributed by atoms with Crippen molar-refractivity contribution < 1.29 is 37.0 Å². The van der Waals surface area contributed by atoms with Crippen LogP contribution in [0.15, 0.2) is 78.9 Å². The highest BCUT2D eigenvalue weighted by Crippen LogP contribution is 2.25. The Balaban J connectivity index is 1.45. The third-order valence-corrected chi connectivity index (χ3v) is 6.35. The highest BCUT2D eigenvalue weighted by atomic mass is 19.4. The van der Waals surface area contributed by atoms with Crippen LogP contribution in [0, 0.1) is 0 Å². The lowest BCUT2D eigenvalue weighted by Crippen LogP contribution is -2.46. The van der Waals surface area contributed by atoms with Gasteiger partial charge in [-0.25, -0.2) is 0 Å². The second kappa shape index (κ2) is 14.3. The number of amides is 3. The first-order chi connectivity index (χ1) is 20.6. The van der Waals surface area contributed by atoms with E-state index in [0.717, 1.165) is 12.1 Å². The minimum absolute atomic E-state index is 0.138. The fourth-order valence-electron chi connectivity index (χ4n) is 4.19. The number of nitrogens with two attached hydrogens (primary N) is 1. The predicted molar refractivity (Wildman–Crippen MR) is 155 cm³/mol. The molecule has 5 N–H and O–H groups in total. The Labute approximate surface area is 245 Å². The van der Waals surface area contributed by atoms with E-state index in [2.05, 4.69) is 20.7 Å². The van der Waals surface area contributed by atoms with Crippen LogP contribution >= 0.6 is 0 Å². The van der Waals surface area contributed by atoms with Gasteiger partial charge in [0.05, 0.1) is 31.1 Å². The summed E-state index contributed by atoms with van der Waals surface area (Å²) in [5.74, 6) is -1.56. The van der Waals surface area contributed by atoms with E-state index in [4.69, 9.17) is 10.5 Å². The summed E-state index contributed by atoms with van der Waals surface area (Å²) >= 11 is 0. The molecule has 0 radical (unpaired) electrons. The lowest BCUT2D eigenvalue weighted by molar-refractivity contribution is -0.274. The zero-order chi connectivity index (χ0) is 30.8. The van der Waals surface area contributed by atoms with E-state index >= 15 is 0 Å². The molecule has 1 atom stereocenters. The van der Waals surface area contributed by atoms with Crippen molar-refractivity contribution in [1.82, 2.24) is 10.2 Å². The highest BCUT2D eigenvalue weighted by Gasteiger charge is 2.31. The van der Waals surface area contributed by atoms with Crippen LogP contribution in [0.4, 0.5) is 30.2 Å². The molecular formula is C30H30F3N5O5. The Morgan fingerprint density at radius 2 is 1.63 bits per heavy atom. The van der Waals surface area contributed by atoms with Gasteiger partial charge in [-0.15, -0.1) is 13.2 Å². The summed E-state index contributed by atoms with van der Waals surface area (Å²) in [6.45, 7) is 1.59. The average molecular weight is 598 g/mol. The molecule has 1 aliphatic heterocycles. The standard InChI is InChI=1S/C30H30F3N5O5/c31-30(32,33)43-23-12-10-22(11-13-23)36-29(41)28(35-19-27(40)38-15-17-42-18-16-38)21-8-5-20(6-9-21)7-14-26(39)37-25-4-2-1-3-24(25)34/h1-14,28,35H,15-19,34H2,(H,36,41)(H,37,39). The van der Waals surface area contributed by atoms with E-state index in [9.17, 15) is 27.6 Å². The van der Waals surface area contributed by atoms with Gasteiger partial charge in [0.2, 0.25) is 17.7 Å². The largest absolute Gasteiger partial charge is 0.573 e. The van der Waals surface area contributed by atoms with E-state index in [1.54, 1.807) is 59.5 Å². The van der Waals surface area contributed by atoms with Crippen LogP contribution < -0.4 is 26.4 Å². The summed E-state index contributed by atoms with van der Waals surface area (Å²) in [4.78, 5) is 40.0. The summed E-state index contributed by atoms with van der Waals surface area (Å²) in [7, 11) is 0. The number of halogens is 3. The zero-order valence-corrected chi connectivity index (χ0v) is 22.9. The fraction of sp³-hybridized carbons (Fsp3) is 0.233. The maximum absolute atomic E-state index is 13.3. The summed E-state index contributed by atoms with van der Waals surface area (Å²) in [6.07, 6.45) is -1.90. The molecule has 0 bridgehead atoms. The Hall–Kier alpha value is -4.88. The van der Waals surface area contributed by atoms with Gasteiger partial charge in [-0.1, -0.05) is 36.4 Å². The summed E-state index contributed by atoms with van der Waals surface area (Å²) < 4.78 is 46.6. The number of benzene rings is 3. The zero-order valence-electron chi connectivity index (χ0n) is 22.9. The minimum Gasteiger partial charge on any atom is -0.406 e. The molecule has 10 nitrogen and oxygen atoms in total. The smallest absolute Gasteiger partial charge is 0.406 e. The molecule has 1 saturated heterocycles. The van der Waals surface area contributed by atoms with Crippen LogP contribution in [0.3, 0.4) is 0 Å². The van der Waals surface area contributed by atoms with Crippen molar-refractivity contribution in [2.45, 2.75) is 12.4 Å². The fourth-order valence-corrected chi connectivity index (χ4v) is 4.19. The van der Waals surface area contributed by atoms with Gasteiger partial charge < -0.3 is 30.7 Å². The highest BCUT2D eigenvalue weighted by molar-refractivity contribution is 6.03. The predicted octanol–water partition coefficient (Wildman–Crippen LogP) is 3.95. The van der Waals surface area contributed by atoms with Crippen LogP contribution in [0.2, 0.25) is 0 Å². The number of nitrogen functional groups attached to an aromatic ring is 1. The Morgan fingerprint density at radius 1 is 0.953 bits per heavy atom. The monoisotopic (exact) mass is 597 g/mol. The Morgan fingerprint density at radius 3 is 2.28 bits per heavy atom. The molecule has 4 rings (SSSR count). The third kappa shape index (κ3) is 9.58. The van der Waals surface area contributed by atoms with Crippen molar-refractivity contribution in [2.24, 2.45) is 0 Å². The van der Waals surface area contributed by atoms with Crippen molar-refractivity contribution >= 4 is 40.9 Å². The van der Waals surface area contributed by atoms with Gasteiger partial charge >= 0.3 is 6.36 Å². The number of nitrogens with zero attached hydrogens (tertiary/aromatic N) is 1. The maximum Gasteiger partial charge on any atom is 0.573 e. The number of carbonyl (C=O) groups excluding carboxylic acids is 3. The number of ether oxygens (including phenoxy) is 2. The molecule has 3 aromatic rings. The molecule has 0 saturated carbocycles. The summed E-state index contributed by atoms with van der Waals surface area (Å²) in [6, 6.07) is 17.3. The molecule has 3 amide bonds. The van der Waals surface area contributed by atoms with Crippen molar-refractivity contribution in [2.75, 3.05) is 49.2 Å². The van der Waals surface area contributed by atoms with Crippen molar-refractivity contribution in [3.63, 3.8) is 0 Å².